The van der Waals surface area contributed by atoms with Gasteiger partial charge >= 0.3 is 0 Å². The monoisotopic (exact) mass is 319 g/mol. The van der Waals surface area contributed by atoms with E-state index in [0.717, 1.165) is 49.7 Å². The number of amides is 1. The van der Waals surface area contributed by atoms with Crippen molar-refractivity contribution in [2.24, 2.45) is 0 Å². The van der Waals surface area contributed by atoms with Crippen LogP contribution in [-0.4, -0.2) is 46.9 Å². The first-order valence-corrected chi connectivity index (χ1v) is 8.84. The van der Waals surface area contributed by atoms with Gasteiger partial charge in [-0.25, -0.2) is 4.98 Å². The fraction of sp³-hybridized carbons (Fsp3) is 0.778. The molecule has 1 amide bonds. The molecule has 3 heterocycles. The lowest BCUT2D eigenvalue weighted by molar-refractivity contribution is -0.137. The molecule has 0 bridgehead atoms. The van der Waals surface area contributed by atoms with E-state index in [1.807, 2.05) is 4.90 Å². The van der Waals surface area contributed by atoms with Gasteiger partial charge in [-0.15, -0.1) is 0 Å². The van der Waals surface area contributed by atoms with E-state index in [4.69, 9.17) is 4.42 Å². The van der Waals surface area contributed by atoms with Crippen molar-refractivity contribution in [2.45, 2.75) is 70.9 Å². The van der Waals surface area contributed by atoms with Gasteiger partial charge in [0.05, 0.1) is 12.6 Å². The number of oxazole rings is 1. The van der Waals surface area contributed by atoms with Gasteiger partial charge in [0.2, 0.25) is 5.91 Å². The normalized spacial score (nSPS) is 23.5. The summed E-state index contributed by atoms with van der Waals surface area (Å²) in [5.74, 6) is 2.01. The Hall–Kier alpha value is -1.36. The van der Waals surface area contributed by atoms with Crippen LogP contribution >= 0.6 is 0 Å². The highest BCUT2D eigenvalue weighted by Crippen LogP contribution is 2.28. The van der Waals surface area contributed by atoms with Crippen LogP contribution in [0.1, 0.15) is 63.8 Å². The molecule has 0 N–H and O–H groups in total. The summed E-state index contributed by atoms with van der Waals surface area (Å²) in [4.78, 5) is 21.8. The van der Waals surface area contributed by atoms with Gasteiger partial charge in [0, 0.05) is 18.4 Å². The van der Waals surface area contributed by atoms with Crippen LogP contribution in [0, 0.1) is 0 Å². The molecule has 1 aromatic heterocycles. The predicted octanol–water partition coefficient (Wildman–Crippen LogP) is 2.73. The largest absolute Gasteiger partial charge is 0.445 e. The number of rotatable bonds is 1. The van der Waals surface area contributed by atoms with E-state index in [1.54, 1.807) is 0 Å². The molecule has 0 aromatic carbocycles. The molecule has 1 saturated heterocycles. The summed E-state index contributed by atoms with van der Waals surface area (Å²) in [5, 5.41) is 0. The van der Waals surface area contributed by atoms with Crippen molar-refractivity contribution in [1.82, 2.24) is 14.8 Å². The van der Waals surface area contributed by atoms with E-state index >= 15 is 0 Å². The second-order valence-corrected chi connectivity index (χ2v) is 7.99. The van der Waals surface area contributed by atoms with Gasteiger partial charge in [0.25, 0.3) is 0 Å². The van der Waals surface area contributed by atoms with Crippen molar-refractivity contribution in [3.05, 3.63) is 17.3 Å². The molecular formula is C18H29N3O2. The van der Waals surface area contributed by atoms with E-state index in [9.17, 15) is 4.79 Å². The summed E-state index contributed by atoms with van der Waals surface area (Å²) >= 11 is 0. The zero-order valence-corrected chi connectivity index (χ0v) is 14.9. The predicted molar refractivity (Wildman–Crippen MR) is 89.2 cm³/mol. The van der Waals surface area contributed by atoms with Gasteiger partial charge in [-0.2, -0.15) is 0 Å². The maximum absolute atomic E-state index is 13.0. The molecule has 0 aliphatic carbocycles. The Morgan fingerprint density at radius 1 is 1.22 bits per heavy atom. The van der Waals surface area contributed by atoms with Crippen molar-refractivity contribution >= 4 is 5.91 Å². The summed E-state index contributed by atoms with van der Waals surface area (Å²) in [5.41, 5.74) is 0.860. The second-order valence-electron chi connectivity index (χ2n) is 7.99. The van der Waals surface area contributed by atoms with Crippen molar-refractivity contribution in [3.63, 3.8) is 0 Å². The lowest BCUT2D eigenvalue weighted by Gasteiger charge is -2.32. The van der Waals surface area contributed by atoms with E-state index < -0.39 is 0 Å². The average molecular weight is 319 g/mol. The van der Waals surface area contributed by atoms with Gasteiger partial charge in [0.1, 0.15) is 11.5 Å². The summed E-state index contributed by atoms with van der Waals surface area (Å²) in [6.45, 7) is 8.68. The van der Waals surface area contributed by atoms with Crippen LogP contribution in [0.5, 0.6) is 0 Å². The molecule has 0 radical (unpaired) electrons. The van der Waals surface area contributed by atoms with E-state index in [1.165, 1.54) is 12.8 Å². The molecule has 0 saturated carbocycles. The van der Waals surface area contributed by atoms with Crippen LogP contribution in [0.2, 0.25) is 0 Å². The van der Waals surface area contributed by atoms with Crippen LogP contribution in [0.25, 0.3) is 0 Å². The van der Waals surface area contributed by atoms with Crippen LogP contribution in [0.4, 0.5) is 0 Å². The van der Waals surface area contributed by atoms with Gasteiger partial charge < -0.3 is 9.32 Å². The molecule has 1 fully saturated rings. The number of hydrogen-bond donors (Lipinski definition) is 0. The summed E-state index contributed by atoms with van der Waals surface area (Å²) in [6, 6.07) is 0.0352. The first-order chi connectivity index (χ1) is 10.9. The fourth-order valence-corrected chi connectivity index (χ4v) is 3.48. The lowest BCUT2D eigenvalue weighted by Crippen LogP contribution is -2.48. The molecule has 5 heteroatoms. The van der Waals surface area contributed by atoms with Crippen molar-refractivity contribution in [3.8, 4) is 0 Å². The number of carbonyl (C=O) groups is 1. The van der Waals surface area contributed by atoms with Gasteiger partial charge in [-0.05, 0) is 26.4 Å². The first kappa shape index (κ1) is 16.5. The summed E-state index contributed by atoms with van der Waals surface area (Å²) in [7, 11) is 2.08. The zero-order chi connectivity index (χ0) is 16.6. The number of nitrogens with zero attached hydrogens (tertiary/aromatic N) is 3. The Labute approximate surface area is 139 Å². The van der Waals surface area contributed by atoms with Gasteiger partial charge in [0.15, 0.2) is 5.89 Å². The molecular weight excluding hydrogens is 290 g/mol. The lowest BCUT2D eigenvalue weighted by atomic mass is 9.97. The number of carbonyl (C=O) groups excluding carboxylic acids is 1. The van der Waals surface area contributed by atoms with E-state index in [0.29, 0.717) is 6.54 Å². The van der Waals surface area contributed by atoms with Crippen molar-refractivity contribution in [2.75, 3.05) is 20.1 Å². The third-order valence-corrected chi connectivity index (χ3v) is 4.99. The molecule has 2 aliphatic heterocycles. The van der Waals surface area contributed by atoms with Crippen LogP contribution in [0.15, 0.2) is 4.42 Å². The minimum absolute atomic E-state index is 0.0352. The standard InChI is InChI=1S/C18H29N3O2/c1-18(2,3)17-19-13-12-21(11-9-15(13)23-17)16(22)14-8-6-5-7-10-20(14)4/h14H,5-12H2,1-4H3. The molecule has 1 unspecified atom stereocenters. The number of likely N-dealkylation sites (tertiary alicyclic amines) is 1. The minimum atomic E-state index is -0.0896. The molecule has 128 valence electrons. The molecule has 5 nitrogen and oxygen atoms in total. The summed E-state index contributed by atoms with van der Waals surface area (Å²) in [6.07, 6.45) is 5.34. The van der Waals surface area contributed by atoms with Gasteiger partial charge in [-0.3, -0.25) is 9.69 Å². The number of hydrogen-bond acceptors (Lipinski definition) is 4. The fourth-order valence-electron chi connectivity index (χ4n) is 3.48. The smallest absolute Gasteiger partial charge is 0.240 e. The third kappa shape index (κ3) is 3.44. The zero-order valence-electron chi connectivity index (χ0n) is 14.9. The molecule has 0 spiro atoms. The topological polar surface area (TPSA) is 49.6 Å². The number of fused-ring (bicyclic) bond motifs is 1. The molecule has 1 aromatic rings. The maximum atomic E-state index is 13.0. The van der Waals surface area contributed by atoms with Crippen LogP contribution < -0.4 is 0 Å². The highest BCUT2D eigenvalue weighted by Gasteiger charge is 2.33. The van der Waals surface area contributed by atoms with Gasteiger partial charge in [-0.1, -0.05) is 33.6 Å². The summed E-state index contributed by atoms with van der Waals surface area (Å²) < 4.78 is 5.93. The Bertz CT molecular complexity index is 573. The Kier molecular flexibility index (Phi) is 4.50. The van der Waals surface area contributed by atoms with Crippen LogP contribution in [0.3, 0.4) is 0 Å². The Morgan fingerprint density at radius 3 is 2.74 bits per heavy atom. The van der Waals surface area contributed by atoms with E-state index in [2.05, 4.69) is 37.7 Å². The van der Waals surface area contributed by atoms with Crippen LogP contribution in [-0.2, 0) is 23.2 Å². The maximum Gasteiger partial charge on any atom is 0.240 e. The second kappa shape index (κ2) is 6.27. The number of aromatic nitrogens is 1. The highest BCUT2D eigenvalue weighted by atomic mass is 16.4. The SMILES string of the molecule is CN1CCCCCC1C(=O)N1CCc2oc(C(C)(C)C)nc2C1. The average Bonchev–Trinajstić information content (AvgIpc) is 2.82. The highest BCUT2D eigenvalue weighted by molar-refractivity contribution is 5.82. The van der Waals surface area contributed by atoms with Crippen molar-refractivity contribution in [1.29, 1.82) is 0 Å². The molecule has 1 atom stereocenters. The Balaban J connectivity index is 1.73. The minimum Gasteiger partial charge on any atom is -0.445 e. The van der Waals surface area contributed by atoms with E-state index in [-0.39, 0.29) is 17.4 Å². The Morgan fingerprint density at radius 2 is 2.00 bits per heavy atom. The first-order valence-electron chi connectivity index (χ1n) is 8.84. The molecule has 2 aliphatic rings. The quantitative estimate of drug-likeness (QED) is 0.798. The molecule has 23 heavy (non-hydrogen) atoms. The third-order valence-electron chi connectivity index (χ3n) is 4.99. The van der Waals surface area contributed by atoms with Crippen molar-refractivity contribution < 1.29 is 9.21 Å². The number of likely N-dealkylation sites (N-methyl/N-ethyl adjacent to an activating group) is 1. The molecule has 3 rings (SSSR count).